The normalized spacial score (nSPS) is 21.3. The second kappa shape index (κ2) is 8.97. The van der Waals surface area contributed by atoms with E-state index in [4.69, 9.17) is 4.74 Å². The van der Waals surface area contributed by atoms with Crippen LogP contribution in [0, 0.1) is 11.3 Å². The summed E-state index contributed by atoms with van der Waals surface area (Å²) in [6.07, 6.45) is 1.41. The highest BCUT2D eigenvalue weighted by molar-refractivity contribution is 7.99. The minimum absolute atomic E-state index is 0.0698. The van der Waals surface area contributed by atoms with Crippen molar-refractivity contribution in [3.05, 3.63) is 0 Å². The number of esters is 1. The molecule has 0 bridgehead atoms. The lowest BCUT2D eigenvalue weighted by Crippen LogP contribution is -2.49. The highest BCUT2D eigenvalue weighted by atomic mass is 32.2. The van der Waals surface area contributed by atoms with Crippen LogP contribution >= 0.6 is 24.4 Å². The fourth-order valence-corrected chi connectivity index (χ4v) is 3.91. The zero-order valence-corrected chi connectivity index (χ0v) is 16.0. The molecule has 2 unspecified atom stereocenters. The molecule has 5 nitrogen and oxygen atoms in total. The van der Waals surface area contributed by atoms with Gasteiger partial charge in [0, 0.05) is 12.0 Å². The van der Waals surface area contributed by atoms with E-state index < -0.39 is 23.3 Å². The van der Waals surface area contributed by atoms with E-state index in [1.807, 2.05) is 20.8 Å². The Morgan fingerprint density at radius 1 is 1.30 bits per heavy atom. The van der Waals surface area contributed by atoms with Crippen molar-refractivity contribution in [1.82, 2.24) is 4.90 Å². The third-order valence-electron chi connectivity index (χ3n) is 3.83. The fourth-order valence-electron chi connectivity index (χ4n) is 2.67. The maximum Gasteiger partial charge on any atom is 0.311 e. The number of thioether (sulfide) groups is 1. The Balaban J connectivity index is 2.88. The molecule has 0 spiro atoms. The van der Waals surface area contributed by atoms with E-state index in [1.165, 1.54) is 18.9 Å². The molecule has 0 aromatic rings. The lowest BCUT2D eigenvalue weighted by atomic mass is 9.92. The van der Waals surface area contributed by atoms with Gasteiger partial charge in [-0.05, 0) is 24.3 Å². The first-order valence-corrected chi connectivity index (χ1v) is 9.63. The number of rotatable bonds is 7. The molecule has 0 N–H and O–H groups in total. The number of ketones is 1. The predicted molar refractivity (Wildman–Crippen MR) is 95.9 cm³/mol. The lowest BCUT2D eigenvalue weighted by molar-refractivity contribution is -0.151. The van der Waals surface area contributed by atoms with Crippen LogP contribution in [0.5, 0.6) is 0 Å². The third-order valence-corrected chi connectivity index (χ3v) is 5.21. The first kappa shape index (κ1) is 20.4. The Morgan fingerprint density at radius 2 is 1.96 bits per heavy atom. The van der Waals surface area contributed by atoms with Gasteiger partial charge in [0.05, 0.1) is 18.8 Å². The molecule has 1 fully saturated rings. The molecule has 0 radical (unpaired) electrons. The number of thiol groups is 1. The van der Waals surface area contributed by atoms with Crippen LogP contribution in [-0.4, -0.2) is 59.5 Å². The SMILES string of the molecule is COC(=O)C1CCN(C(=O)C(C)(C)C)C1C(=O)CSCCCS. The summed E-state index contributed by atoms with van der Waals surface area (Å²) in [5.74, 6) is 0.807. The molecule has 0 aromatic carbocycles. The largest absolute Gasteiger partial charge is 0.469 e. The molecule has 1 saturated heterocycles. The van der Waals surface area contributed by atoms with Gasteiger partial charge in [-0.3, -0.25) is 14.4 Å². The van der Waals surface area contributed by atoms with E-state index in [0.29, 0.717) is 18.7 Å². The standard InChI is InChI=1S/C16H27NO4S2/c1-16(2,3)15(20)17-7-6-11(14(19)21-4)13(17)12(18)10-23-9-5-8-22/h11,13,22H,5-10H2,1-4H3. The molecule has 0 aromatic heterocycles. The zero-order valence-electron chi connectivity index (χ0n) is 14.3. The number of hydrogen-bond donors (Lipinski definition) is 1. The average Bonchev–Trinajstić information content (AvgIpc) is 2.93. The molecule has 1 rings (SSSR count). The van der Waals surface area contributed by atoms with Crippen LogP contribution in [0.1, 0.15) is 33.6 Å². The van der Waals surface area contributed by atoms with E-state index in [-0.39, 0.29) is 11.7 Å². The van der Waals surface area contributed by atoms with E-state index >= 15 is 0 Å². The smallest absolute Gasteiger partial charge is 0.311 e. The van der Waals surface area contributed by atoms with Crippen molar-refractivity contribution in [2.75, 3.05) is 30.9 Å². The minimum Gasteiger partial charge on any atom is -0.469 e. The summed E-state index contributed by atoms with van der Waals surface area (Å²) in [6.45, 7) is 5.89. The zero-order chi connectivity index (χ0) is 17.6. The number of carbonyl (C=O) groups is 3. The van der Waals surface area contributed by atoms with Crippen LogP contribution in [0.25, 0.3) is 0 Å². The summed E-state index contributed by atoms with van der Waals surface area (Å²) in [6, 6.07) is -0.697. The Hall–Kier alpha value is -0.690. The predicted octanol–water partition coefficient (Wildman–Crippen LogP) is 2.04. The lowest BCUT2D eigenvalue weighted by Gasteiger charge is -2.31. The molecule has 1 aliphatic heterocycles. The molecule has 0 saturated carbocycles. The minimum atomic E-state index is -0.697. The molecule has 7 heteroatoms. The summed E-state index contributed by atoms with van der Waals surface area (Å²) >= 11 is 5.67. The van der Waals surface area contributed by atoms with Gasteiger partial charge in [0.2, 0.25) is 5.91 Å². The van der Waals surface area contributed by atoms with Gasteiger partial charge in [-0.25, -0.2) is 0 Å². The summed E-state index contributed by atoms with van der Waals surface area (Å²) in [5, 5.41) is 0. The molecule has 2 atom stereocenters. The van der Waals surface area contributed by atoms with Crippen LogP contribution in [0.15, 0.2) is 0 Å². The van der Waals surface area contributed by atoms with E-state index in [2.05, 4.69) is 12.6 Å². The van der Waals surface area contributed by atoms with Crippen LogP contribution in [0.3, 0.4) is 0 Å². The second-order valence-corrected chi connectivity index (χ2v) is 8.26. The van der Waals surface area contributed by atoms with Gasteiger partial charge in [-0.15, -0.1) is 0 Å². The molecule has 132 valence electrons. The Bertz CT molecular complexity index is 448. The maximum absolute atomic E-state index is 12.6. The number of hydrogen-bond acceptors (Lipinski definition) is 6. The molecular weight excluding hydrogens is 334 g/mol. The van der Waals surface area contributed by atoms with Gasteiger partial charge in [0.1, 0.15) is 6.04 Å². The number of Topliss-reactive ketones (excluding diaryl/α,β-unsaturated/α-hetero) is 1. The van der Waals surface area contributed by atoms with Crippen LogP contribution < -0.4 is 0 Å². The Kier molecular flexibility index (Phi) is 7.94. The number of amides is 1. The maximum atomic E-state index is 12.6. The number of ether oxygens (including phenoxy) is 1. The van der Waals surface area contributed by atoms with Crippen LogP contribution in [0.4, 0.5) is 0 Å². The van der Waals surface area contributed by atoms with Gasteiger partial charge < -0.3 is 9.64 Å². The van der Waals surface area contributed by atoms with Crippen molar-refractivity contribution >= 4 is 42.1 Å². The van der Waals surface area contributed by atoms with Gasteiger partial charge in [0.25, 0.3) is 0 Å². The van der Waals surface area contributed by atoms with E-state index in [9.17, 15) is 14.4 Å². The van der Waals surface area contributed by atoms with Crippen molar-refractivity contribution < 1.29 is 19.1 Å². The van der Waals surface area contributed by atoms with Crippen molar-refractivity contribution in [1.29, 1.82) is 0 Å². The average molecular weight is 362 g/mol. The summed E-state index contributed by atoms with van der Waals surface area (Å²) < 4.78 is 4.83. The Labute approximate surface area is 148 Å². The quantitative estimate of drug-likeness (QED) is 0.427. The number of nitrogens with zero attached hydrogens (tertiary/aromatic N) is 1. The van der Waals surface area contributed by atoms with Crippen LogP contribution in [-0.2, 0) is 19.1 Å². The van der Waals surface area contributed by atoms with Crippen molar-refractivity contribution in [2.24, 2.45) is 11.3 Å². The van der Waals surface area contributed by atoms with Crippen LogP contribution in [0.2, 0.25) is 0 Å². The molecule has 23 heavy (non-hydrogen) atoms. The first-order valence-electron chi connectivity index (χ1n) is 7.84. The first-order chi connectivity index (χ1) is 10.7. The topological polar surface area (TPSA) is 63.7 Å². The van der Waals surface area contributed by atoms with Crippen molar-refractivity contribution in [3.63, 3.8) is 0 Å². The van der Waals surface area contributed by atoms with Gasteiger partial charge in [-0.2, -0.15) is 24.4 Å². The molecule has 1 amide bonds. The Morgan fingerprint density at radius 3 is 2.48 bits per heavy atom. The second-order valence-electron chi connectivity index (χ2n) is 6.71. The molecule has 0 aliphatic carbocycles. The monoisotopic (exact) mass is 361 g/mol. The van der Waals surface area contributed by atoms with Gasteiger partial charge in [0.15, 0.2) is 5.78 Å². The number of carbonyl (C=O) groups excluding carboxylic acids is 3. The summed E-state index contributed by atoms with van der Waals surface area (Å²) in [4.78, 5) is 38.8. The van der Waals surface area contributed by atoms with Crippen molar-refractivity contribution in [2.45, 2.75) is 39.7 Å². The van der Waals surface area contributed by atoms with E-state index in [0.717, 1.165) is 17.9 Å². The fraction of sp³-hybridized carbons (Fsp3) is 0.812. The molecule has 1 heterocycles. The van der Waals surface area contributed by atoms with Gasteiger partial charge in [-0.1, -0.05) is 20.8 Å². The van der Waals surface area contributed by atoms with Gasteiger partial charge >= 0.3 is 5.97 Å². The van der Waals surface area contributed by atoms with E-state index in [1.54, 1.807) is 4.90 Å². The highest BCUT2D eigenvalue weighted by Crippen LogP contribution is 2.31. The summed E-state index contributed by atoms with van der Waals surface area (Å²) in [7, 11) is 1.32. The number of methoxy groups -OCH3 is 1. The highest BCUT2D eigenvalue weighted by Gasteiger charge is 2.47. The molecular formula is C16H27NO4S2. The van der Waals surface area contributed by atoms with Crippen molar-refractivity contribution in [3.8, 4) is 0 Å². The third kappa shape index (κ3) is 5.41. The molecule has 1 aliphatic rings. The number of likely N-dealkylation sites (tertiary alicyclic amines) is 1. The summed E-state index contributed by atoms with van der Waals surface area (Å²) in [5.41, 5.74) is -0.581.